The molecule has 0 aliphatic carbocycles. The van der Waals surface area contributed by atoms with Crippen LogP contribution in [0.4, 0.5) is 0 Å². The van der Waals surface area contributed by atoms with Gasteiger partial charge in [0.15, 0.2) is 12.2 Å². The van der Waals surface area contributed by atoms with E-state index in [9.17, 15) is 14.4 Å². The fourth-order valence-corrected chi connectivity index (χ4v) is 3.64. The van der Waals surface area contributed by atoms with Crippen molar-refractivity contribution in [2.45, 2.75) is 31.3 Å². The van der Waals surface area contributed by atoms with Crippen LogP contribution in [0.25, 0.3) is 0 Å². The summed E-state index contributed by atoms with van der Waals surface area (Å²) in [6, 6.07) is 12.8. The summed E-state index contributed by atoms with van der Waals surface area (Å²) >= 11 is 0. The Morgan fingerprint density at radius 2 is 1.44 bits per heavy atom. The standard InChI is InChI=1S/C23H22O9/c1-13(24)30-17-6-4-3-5-16(17)23(26)32-19-12-29-20-18(11-28-21(19)20)31-22(25)14-7-9-15(27-2)10-8-14/h3-10,18-21H,11-12H2,1-2H3/t18-,19+,20-,21-/m1/s1. The molecule has 0 radical (unpaired) electrons. The van der Waals surface area contributed by atoms with E-state index in [1.54, 1.807) is 43.5 Å². The SMILES string of the molecule is COc1ccc(C(=O)O[C@@H]2CO[C@H]3[C@@H]2OC[C@@H]3OC(=O)c2ccccc2OC(C)=O)cc1. The number of rotatable bonds is 6. The van der Waals surface area contributed by atoms with Crippen LogP contribution in [0.2, 0.25) is 0 Å². The topological polar surface area (TPSA) is 107 Å². The zero-order valence-electron chi connectivity index (χ0n) is 17.5. The van der Waals surface area contributed by atoms with Gasteiger partial charge in [0.05, 0.1) is 25.9 Å². The van der Waals surface area contributed by atoms with Gasteiger partial charge in [-0.1, -0.05) is 12.1 Å². The van der Waals surface area contributed by atoms with Gasteiger partial charge in [-0.15, -0.1) is 0 Å². The van der Waals surface area contributed by atoms with E-state index in [0.717, 1.165) is 0 Å². The minimum atomic E-state index is -0.692. The van der Waals surface area contributed by atoms with Gasteiger partial charge in [-0.05, 0) is 36.4 Å². The fraction of sp³-hybridized carbons (Fsp3) is 0.348. The maximum absolute atomic E-state index is 12.7. The number of methoxy groups -OCH3 is 1. The molecule has 168 valence electrons. The molecule has 2 fully saturated rings. The van der Waals surface area contributed by atoms with Gasteiger partial charge < -0.3 is 28.4 Å². The Morgan fingerprint density at radius 3 is 2.03 bits per heavy atom. The Hall–Kier alpha value is -3.43. The number of esters is 3. The van der Waals surface area contributed by atoms with Crippen LogP contribution in [-0.4, -0.2) is 62.6 Å². The van der Waals surface area contributed by atoms with Gasteiger partial charge in [0.25, 0.3) is 0 Å². The van der Waals surface area contributed by atoms with Crippen molar-refractivity contribution in [2.75, 3.05) is 20.3 Å². The Bertz CT molecular complexity index is 1000. The summed E-state index contributed by atoms with van der Waals surface area (Å²) in [6.45, 7) is 1.46. The number of carbonyl (C=O) groups excluding carboxylic acids is 3. The van der Waals surface area contributed by atoms with Gasteiger partial charge in [-0.2, -0.15) is 0 Å². The van der Waals surface area contributed by atoms with Crippen LogP contribution in [-0.2, 0) is 23.7 Å². The molecule has 9 nitrogen and oxygen atoms in total. The first-order valence-electron chi connectivity index (χ1n) is 10.0. The van der Waals surface area contributed by atoms with Crippen molar-refractivity contribution in [1.29, 1.82) is 0 Å². The molecule has 2 aliphatic rings. The highest BCUT2D eigenvalue weighted by Crippen LogP contribution is 2.32. The lowest BCUT2D eigenvalue weighted by Crippen LogP contribution is -2.36. The number of para-hydroxylation sites is 1. The minimum absolute atomic E-state index is 0.0907. The summed E-state index contributed by atoms with van der Waals surface area (Å²) in [5.41, 5.74) is 0.490. The van der Waals surface area contributed by atoms with Gasteiger partial charge in [0, 0.05) is 6.92 Å². The third-order valence-electron chi connectivity index (χ3n) is 5.17. The predicted octanol–water partition coefficient (Wildman–Crippen LogP) is 2.17. The molecular weight excluding hydrogens is 420 g/mol. The number of hydrogen-bond donors (Lipinski definition) is 0. The summed E-state index contributed by atoms with van der Waals surface area (Å²) in [5, 5.41) is 0. The first kappa shape index (κ1) is 21.8. The van der Waals surface area contributed by atoms with Crippen LogP contribution in [0.15, 0.2) is 48.5 Å². The van der Waals surface area contributed by atoms with Crippen molar-refractivity contribution < 1.29 is 42.8 Å². The normalized spacial score (nSPS) is 23.8. The van der Waals surface area contributed by atoms with Crippen LogP contribution in [0.5, 0.6) is 11.5 Å². The van der Waals surface area contributed by atoms with E-state index in [2.05, 4.69) is 0 Å². The number of carbonyl (C=O) groups is 3. The Labute approximate surface area is 184 Å². The Kier molecular flexibility index (Phi) is 6.38. The molecular formula is C23H22O9. The van der Waals surface area contributed by atoms with E-state index >= 15 is 0 Å². The minimum Gasteiger partial charge on any atom is -0.497 e. The molecule has 2 saturated heterocycles. The molecule has 0 amide bonds. The van der Waals surface area contributed by atoms with Gasteiger partial charge in [-0.25, -0.2) is 9.59 Å². The molecule has 2 aromatic carbocycles. The molecule has 4 atom stereocenters. The summed E-state index contributed by atoms with van der Waals surface area (Å²) < 4.78 is 32.7. The summed E-state index contributed by atoms with van der Waals surface area (Å²) in [5.74, 6) is -0.987. The molecule has 2 aromatic rings. The fourth-order valence-electron chi connectivity index (χ4n) is 3.64. The number of benzene rings is 2. The van der Waals surface area contributed by atoms with E-state index < -0.39 is 42.3 Å². The van der Waals surface area contributed by atoms with E-state index in [0.29, 0.717) is 11.3 Å². The molecule has 0 spiro atoms. The second-order valence-electron chi connectivity index (χ2n) is 7.30. The molecule has 0 bridgehead atoms. The average molecular weight is 442 g/mol. The van der Waals surface area contributed by atoms with E-state index in [1.165, 1.54) is 19.1 Å². The molecule has 2 aliphatic heterocycles. The van der Waals surface area contributed by atoms with Crippen LogP contribution in [0, 0.1) is 0 Å². The van der Waals surface area contributed by atoms with Gasteiger partial charge in [-0.3, -0.25) is 4.79 Å². The monoisotopic (exact) mass is 442 g/mol. The largest absolute Gasteiger partial charge is 0.497 e. The van der Waals surface area contributed by atoms with Crippen molar-refractivity contribution in [2.24, 2.45) is 0 Å². The van der Waals surface area contributed by atoms with E-state index in [1.807, 2.05) is 0 Å². The smallest absolute Gasteiger partial charge is 0.342 e. The molecule has 0 aromatic heterocycles. The lowest BCUT2D eigenvalue weighted by atomic mass is 10.1. The van der Waals surface area contributed by atoms with Crippen molar-refractivity contribution in [1.82, 2.24) is 0 Å². The highest BCUT2D eigenvalue weighted by Gasteiger charge is 2.51. The first-order chi connectivity index (χ1) is 15.5. The molecule has 0 N–H and O–H groups in total. The van der Waals surface area contributed by atoms with Crippen LogP contribution in [0.1, 0.15) is 27.6 Å². The molecule has 32 heavy (non-hydrogen) atoms. The molecule has 4 rings (SSSR count). The predicted molar refractivity (Wildman–Crippen MR) is 109 cm³/mol. The highest BCUT2D eigenvalue weighted by molar-refractivity contribution is 5.93. The third-order valence-corrected chi connectivity index (χ3v) is 5.17. The maximum atomic E-state index is 12.7. The third kappa shape index (κ3) is 4.58. The molecule has 0 saturated carbocycles. The average Bonchev–Trinajstić information content (AvgIpc) is 3.37. The Balaban J connectivity index is 1.37. The number of fused-ring (bicyclic) bond motifs is 1. The molecule has 2 heterocycles. The Morgan fingerprint density at radius 1 is 0.844 bits per heavy atom. The number of hydrogen-bond acceptors (Lipinski definition) is 9. The van der Waals surface area contributed by atoms with Crippen molar-refractivity contribution in [3.8, 4) is 11.5 Å². The van der Waals surface area contributed by atoms with Gasteiger partial charge in [0.2, 0.25) is 0 Å². The first-order valence-corrected chi connectivity index (χ1v) is 10.0. The zero-order valence-corrected chi connectivity index (χ0v) is 17.5. The van der Waals surface area contributed by atoms with Crippen LogP contribution >= 0.6 is 0 Å². The van der Waals surface area contributed by atoms with E-state index in [-0.39, 0.29) is 24.5 Å². The second-order valence-corrected chi connectivity index (χ2v) is 7.30. The van der Waals surface area contributed by atoms with Crippen molar-refractivity contribution >= 4 is 17.9 Å². The molecule has 0 unspecified atom stereocenters. The van der Waals surface area contributed by atoms with Gasteiger partial charge >= 0.3 is 17.9 Å². The van der Waals surface area contributed by atoms with Crippen molar-refractivity contribution in [3.05, 3.63) is 59.7 Å². The quantitative estimate of drug-likeness (QED) is 0.491. The summed E-state index contributed by atoms with van der Waals surface area (Å²) in [4.78, 5) is 36.4. The second kappa shape index (κ2) is 9.37. The van der Waals surface area contributed by atoms with E-state index in [4.69, 9.17) is 28.4 Å². The maximum Gasteiger partial charge on any atom is 0.342 e. The van der Waals surface area contributed by atoms with Crippen molar-refractivity contribution in [3.63, 3.8) is 0 Å². The van der Waals surface area contributed by atoms with Crippen LogP contribution < -0.4 is 9.47 Å². The van der Waals surface area contributed by atoms with Crippen LogP contribution in [0.3, 0.4) is 0 Å². The summed E-state index contributed by atoms with van der Waals surface area (Å²) in [7, 11) is 1.54. The lowest BCUT2D eigenvalue weighted by Gasteiger charge is -2.18. The van der Waals surface area contributed by atoms with Gasteiger partial charge in [0.1, 0.15) is 29.3 Å². The lowest BCUT2D eigenvalue weighted by molar-refractivity contribution is -0.131. The highest BCUT2D eigenvalue weighted by atomic mass is 16.7. The summed E-state index contributed by atoms with van der Waals surface area (Å²) in [6.07, 6.45) is -2.46. The number of ether oxygens (including phenoxy) is 6. The molecule has 9 heteroatoms. The zero-order chi connectivity index (χ0) is 22.7.